The minimum Gasteiger partial charge on any atom is -0.388 e. The first-order valence-electron chi connectivity index (χ1n) is 8.32. The van der Waals surface area contributed by atoms with Gasteiger partial charge < -0.3 is 9.84 Å². The van der Waals surface area contributed by atoms with E-state index in [-0.39, 0.29) is 17.1 Å². The summed E-state index contributed by atoms with van der Waals surface area (Å²) < 4.78 is 32.2. The van der Waals surface area contributed by atoms with Crippen molar-refractivity contribution in [3.05, 3.63) is 0 Å². The maximum Gasteiger partial charge on any atom is 0.217 e. The summed E-state index contributed by atoms with van der Waals surface area (Å²) in [6, 6.07) is 0. The summed E-state index contributed by atoms with van der Waals surface area (Å²) in [4.78, 5) is 0. The highest BCUT2D eigenvalue weighted by atomic mass is 32.2. The number of morpholine rings is 1. The van der Waals surface area contributed by atoms with Crippen molar-refractivity contribution < 1.29 is 18.3 Å². The van der Waals surface area contributed by atoms with Gasteiger partial charge in [0, 0.05) is 13.1 Å². The molecule has 130 valence electrons. The molecule has 1 saturated carbocycles. The molecule has 0 radical (unpaired) electrons. The lowest BCUT2D eigenvalue weighted by Crippen LogP contribution is -2.55. The van der Waals surface area contributed by atoms with Gasteiger partial charge in [-0.25, -0.2) is 8.42 Å². The molecule has 22 heavy (non-hydrogen) atoms. The molecule has 0 bridgehead atoms. The minimum absolute atomic E-state index is 0.00650. The summed E-state index contributed by atoms with van der Waals surface area (Å²) in [5, 5.41) is 11.3. The second-order valence-corrected chi connectivity index (χ2v) is 10.1. The van der Waals surface area contributed by atoms with Gasteiger partial charge in [0.2, 0.25) is 10.0 Å². The van der Waals surface area contributed by atoms with Crippen LogP contribution >= 0.6 is 0 Å². The van der Waals surface area contributed by atoms with E-state index < -0.39 is 15.6 Å². The summed E-state index contributed by atoms with van der Waals surface area (Å²) in [5.74, 6) is 0.210. The van der Waals surface area contributed by atoms with Crippen LogP contribution in [0.5, 0.6) is 0 Å². The van der Waals surface area contributed by atoms with Gasteiger partial charge >= 0.3 is 0 Å². The summed E-state index contributed by atoms with van der Waals surface area (Å²) >= 11 is 0. The van der Waals surface area contributed by atoms with E-state index in [0.717, 1.165) is 12.8 Å². The third-order valence-corrected chi connectivity index (χ3v) is 7.16. The molecule has 6 heteroatoms. The number of hydrogen-bond donors (Lipinski definition) is 1. The number of hydrogen-bond acceptors (Lipinski definition) is 4. The lowest BCUT2D eigenvalue weighted by Gasteiger charge is -2.49. The van der Waals surface area contributed by atoms with Crippen LogP contribution in [-0.4, -0.2) is 55.5 Å². The van der Waals surface area contributed by atoms with Crippen molar-refractivity contribution in [1.29, 1.82) is 0 Å². The summed E-state index contributed by atoms with van der Waals surface area (Å²) in [5.41, 5.74) is -1.23. The first-order valence-corrected chi connectivity index (χ1v) is 9.93. The standard InChI is InChI=1S/C16H31NO4S/c1-13-5-6-14(15(2,3)4)16(18,11-13)12-22(19,20)17-7-9-21-10-8-17/h13-14,18H,5-12H2,1-4H3/t13-,14+,16-/m1/s1. The normalized spacial score (nSPS) is 35.5. The Morgan fingerprint density at radius 1 is 1.23 bits per heavy atom. The van der Waals surface area contributed by atoms with Gasteiger partial charge in [-0.2, -0.15) is 4.31 Å². The molecule has 2 rings (SSSR count). The number of aliphatic hydroxyl groups is 1. The predicted octanol–water partition coefficient (Wildman–Crippen LogP) is 1.86. The maximum absolute atomic E-state index is 12.7. The monoisotopic (exact) mass is 333 g/mol. The second-order valence-electron chi connectivity index (χ2n) is 8.18. The first-order chi connectivity index (χ1) is 10.0. The van der Waals surface area contributed by atoms with Crippen LogP contribution in [0.3, 0.4) is 0 Å². The van der Waals surface area contributed by atoms with Gasteiger partial charge in [0.25, 0.3) is 0 Å². The molecular weight excluding hydrogens is 302 g/mol. The van der Waals surface area contributed by atoms with Crippen LogP contribution in [0.25, 0.3) is 0 Å². The first kappa shape index (κ1) is 18.2. The van der Waals surface area contributed by atoms with Gasteiger partial charge in [-0.15, -0.1) is 0 Å². The van der Waals surface area contributed by atoms with Gasteiger partial charge in [0.15, 0.2) is 0 Å². The summed E-state index contributed by atoms with van der Waals surface area (Å²) in [7, 11) is -3.45. The minimum atomic E-state index is -3.45. The number of sulfonamides is 1. The molecule has 5 nitrogen and oxygen atoms in total. The molecule has 2 aliphatic rings. The van der Waals surface area contributed by atoms with Crippen molar-refractivity contribution >= 4 is 10.0 Å². The SMILES string of the molecule is C[C@@H]1CC[C@@H](C(C)(C)C)[C@](O)(CS(=O)(=O)N2CCOCC2)C1. The second kappa shape index (κ2) is 6.38. The average molecular weight is 333 g/mol. The fourth-order valence-electron chi connectivity index (χ4n) is 4.20. The van der Waals surface area contributed by atoms with Crippen molar-refractivity contribution in [2.45, 2.75) is 52.6 Å². The Labute approximate surface area is 135 Å². The number of rotatable bonds is 3. The summed E-state index contributed by atoms with van der Waals surface area (Å²) in [6.07, 6.45) is 2.51. The van der Waals surface area contributed by atoms with Crippen LogP contribution < -0.4 is 0 Å². The molecule has 0 amide bonds. The fraction of sp³-hybridized carbons (Fsp3) is 1.00. The number of ether oxygens (including phenoxy) is 1. The molecule has 3 atom stereocenters. The zero-order valence-corrected chi connectivity index (χ0v) is 15.2. The van der Waals surface area contributed by atoms with Gasteiger partial charge in [-0.1, -0.05) is 34.1 Å². The van der Waals surface area contributed by atoms with Gasteiger partial charge in [-0.3, -0.25) is 0 Å². The zero-order valence-electron chi connectivity index (χ0n) is 14.3. The van der Waals surface area contributed by atoms with E-state index >= 15 is 0 Å². The zero-order chi connectivity index (χ0) is 16.6. The fourth-order valence-corrected chi connectivity index (χ4v) is 6.04. The van der Waals surface area contributed by atoms with E-state index in [1.165, 1.54) is 4.31 Å². The molecule has 2 fully saturated rings. The topological polar surface area (TPSA) is 66.8 Å². The van der Waals surface area contributed by atoms with Crippen LogP contribution in [0.1, 0.15) is 47.0 Å². The molecule has 0 aromatic rings. The molecule has 0 unspecified atom stereocenters. The lowest BCUT2D eigenvalue weighted by atomic mass is 9.62. The van der Waals surface area contributed by atoms with E-state index in [1.807, 2.05) is 0 Å². The van der Waals surface area contributed by atoms with Crippen LogP contribution in [-0.2, 0) is 14.8 Å². The lowest BCUT2D eigenvalue weighted by molar-refractivity contribution is -0.0865. The predicted molar refractivity (Wildman–Crippen MR) is 87.1 cm³/mol. The molecule has 0 aromatic heterocycles. The number of nitrogens with zero attached hydrogens (tertiary/aromatic N) is 1. The Balaban J connectivity index is 2.21. The maximum atomic E-state index is 12.7. The van der Waals surface area contributed by atoms with Crippen LogP contribution in [0.15, 0.2) is 0 Å². The van der Waals surface area contributed by atoms with Crippen molar-refractivity contribution in [3.63, 3.8) is 0 Å². The van der Waals surface area contributed by atoms with Gasteiger partial charge in [0.05, 0.1) is 24.6 Å². The largest absolute Gasteiger partial charge is 0.388 e. The van der Waals surface area contributed by atoms with Gasteiger partial charge in [0.1, 0.15) is 0 Å². The van der Waals surface area contributed by atoms with Crippen molar-refractivity contribution in [2.75, 3.05) is 32.1 Å². The highest BCUT2D eigenvalue weighted by molar-refractivity contribution is 7.89. The van der Waals surface area contributed by atoms with E-state index in [1.54, 1.807) is 0 Å². The van der Waals surface area contributed by atoms with Crippen molar-refractivity contribution in [3.8, 4) is 0 Å². The molecule has 0 spiro atoms. The molecular formula is C16H31NO4S. The van der Waals surface area contributed by atoms with E-state index in [4.69, 9.17) is 4.74 Å². The average Bonchev–Trinajstić information content (AvgIpc) is 2.36. The molecule has 1 aliphatic carbocycles. The summed E-state index contributed by atoms with van der Waals surface area (Å²) in [6.45, 7) is 10.1. The highest BCUT2D eigenvalue weighted by Crippen LogP contribution is 2.47. The van der Waals surface area contributed by atoms with Crippen LogP contribution in [0.2, 0.25) is 0 Å². The van der Waals surface area contributed by atoms with E-state index in [2.05, 4.69) is 27.7 Å². The van der Waals surface area contributed by atoms with Crippen LogP contribution in [0, 0.1) is 17.3 Å². The van der Waals surface area contributed by atoms with E-state index in [9.17, 15) is 13.5 Å². The Morgan fingerprint density at radius 3 is 2.36 bits per heavy atom. The van der Waals surface area contributed by atoms with E-state index in [0.29, 0.717) is 38.6 Å². The van der Waals surface area contributed by atoms with Crippen molar-refractivity contribution in [2.24, 2.45) is 17.3 Å². The molecule has 1 heterocycles. The van der Waals surface area contributed by atoms with Gasteiger partial charge in [-0.05, 0) is 30.1 Å². The third-order valence-electron chi connectivity index (χ3n) is 5.14. The van der Waals surface area contributed by atoms with Crippen LogP contribution in [0.4, 0.5) is 0 Å². The molecule has 1 aliphatic heterocycles. The van der Waals surface area contributed by atoms with Crippen molar-refractivity contribution in [1.82, 2.24) is 4.31 Å². The Kier molecular flexibility index (Phi) is 5.27. The highest BCUT2D eigenvalue weighted by Gasteiger charge is 2.49. The Bertz CT molecular complexity index is 479. The quantitative estimate of drug-likeness (QED) is 0.856. The third kappa shape index (κ3) is 4.02. The molecule has 1 saturated heterocycles. The Hall–Kier alpha value is -0.170. The molecule has 0 aromatic carbocycles. The smallest absolute Gasteiger partial charge is 0.217 e. The molecule has 1 N–H and O–H groups in total. The Morgan fingerprint density at radius 2 is 1.82 bits per heavy atom.